The van der Waals surface area contributed by atoms with Crippen LogP contribution in [0.15, 0.2) is 23.1 Å². The lowest BCUT2D eigenvalue weighted by molar-refractivity contribution is 0.228. The minimum atomic E-state index is -3.61. The van der Waals surface area contributed by atoms with E-state index in [1.54, 1.807) is 22.5 Å². The number of rotatable bonds is 4. The second kappa shape index (κ2) is 6.30. The number of hydrogen-bond donors (Lipinski definition) is 0. The molecule has 0 aromatic heterocycles. The molecule has 128 valence electrons. The van der Waals surface area contributed by atoms with Crippen molar-refractivity contribution in [1.82, 2.24) is 9.21 Å². The Hall–Kier alpha value is -1.31. The molecule has 0 amide bonds. The van der Waals surface area contributed by atoms with E-state index in [0.29, 0.717) is 24.0 Å². The molecule has 1 aromatic carbocycles. The average molecular weight is 340 g/mol. The SMILES string of the molecule is COc1ccc(OC)c(S(=O)(=O)N2C[C@@H]3CC[C@H]2CN(C)C3)c1. The van der Waals surface area contributed by atoms with Crippen molar-refractivity contribution in [1.29, 1.82) is 0 Å². The number of likely N-dealkylation sites (N-methyl/N-ethyl adjacent to an activating group) is 1. The molecule has 3 aliphatic rings. The van der Waals surface area contributed by atoms with Crippen LogP contribution in [-0.4, -0.2) is 64.6 Å². The van der Waals surface area contributed by atoms with Gasteiger partial charge in [-0.25, -0.2) is 8.42 Å². The van der Waals surface area contributed by atoms with Crippen molar-refractivity contribution in [2.45, 2.75) is 23.8 Å². The number of piperidine rings is 1. The number of nitrogens with zero attached hydrogens (tertiary/aromatic N) is 2. The van der Waals surface area contributed by atoms with Gasteiger partial charge in [0.1, 0.15) is 16.4 Å². The molecule has 3 saturated heterocycles. The van der Waals surface area contributed by atoms with E-state index in [9.17, 15) is 8.42 Å². The molecule has 0 aliphatic carbocycles. The molecule has 2 atom stereocenters. The standard InChI is InChI=1S/C16H24N2O4S/c1-17-9-12-4-5-13(11-17)18(10-12)23(19,20)16-8-14(21-2)6-7-15(16)22-3/h6-8,12-13H,4-5,9-11H2,1-3H3/t12-,13+/m1/s1. The molecule has 0 unspecified atom stereocenters. The van der Waals surface area contributed by atoms with Crippen LogP contribution in [0, 0.1) is 5.92 Å². The molecule has 3 heterocycles. The summed E-state index contributed by atoms with van der Waals surface area (Å²) < 4.78 is 38.7. The van der Waals surface area contributed by atoms with Gasteiger partial charge in [-0.05, 0) is 37.9 Å². The van der Waals surface area contributed by atoms with Gasteiger partial charge in [-0.2, -0.15) is 4.31 Å². The fourth-order valence-electron chi connectivity index (χ4n) is 3.68. The lowest BCUT2D eigenvalue weighted by Crippen LogP contribution is -2.47. The number of sulfonamides is 1. The Morgan fingerprint density at radius 3 is 2.57 bits per heavy atom. The fraction of sp³-hybridized carbons (Fsp3) is 0.625. The molecule has 0 saturated carbocycles. The number of fused-ring (bicyclic) bond motifs is 4. The summed E-state index contributed by atoms with van der Waals surface area (Å²) in [5, 5.41) is 0. The van der Waals surface area contributed by atoms with Crippen molar-refractivity contribution in [3.63, 3.8) is 0 Å². The molecule has 2 bridgehead atoms. The molecule has 0 N–H and O–H groups in total. The first kappa shape index (κ1) is 16.5. The van der Waals surface area contributed by atoms with E-state index in [4.69, 9.17) is 9.47 Å². The van der Waals surface area contributed by atoms with Gasteiger partial charge in [0, 0.05) is 31.7 Å². The van der Waals surface area contributed by atoms with E-state index in [-0.39, 0.29) is 10.9 Å². The van der Waals surface area contributed by atoms with Crippen LogP contribution in [0.3, 0.4) is 0 Å². The first-order valence-electron chi connectivity index (χ1n) is 7.88. The van der Waals surface area contributed by atoms with Gasteiger partial charge in [0.15, 0.2) is 0 Å². The third-order valence-electron chi connectivity index (χ3n) is 4.80. The first-order chi connectivity index (χ1) is 11.0. The Morgan fingerprint density at radius 2 is 1.87 bits per heavy atom. The van der Waals surface area contributed by atoms with Crippen LogP contribution < -0.4 is 9.47 Å². The van der Waals surface area contributed by atoms with E-state index < -0.39 is 10.0 Å². The third-order valence-corrected chi connectivity index (χ3v) is 6.74. The van der Waals surface area contributed by atoms with Crippen LogP contribution >= 0.6 is 0 Å². The summed E-state index contributed by atoms with van der Waals surface area (Å²) in [6, 6.07) is 4.93. The number of hydrogen-bond acceptors (Lipinski definition) is 5. The average Bonchev–Trinajstić information content (AvgIpc) is 2.83. The van der Waals surface area contributed by atoms with Crippen molar-refractivity contribution in [3.05, 3.63) is 18.2 Å². The Bertz CT molecular complexity index is 677. The lowest BCUT2D eigenvalue weighted by atomic mass is 9.97. The molecular formula is C16H24N2O4S. The number of ether oxygens (including phenoxy) is 2. The number of benzene rings is 1. The fourth-order valence-corrected chi connectivity index (χ4v) is 5.57. The Morgan fingerprint density at radius 1 is 1.09 bits per heavy atom. The molecule has 23 heavy (non-hydrogen) atoms. The van der Waals surface area contributed by atoms with E-state index in [1.165, 1.54) is 14.2 Å². The zero-order valence-electron chi connectivity index (χ0n) is 13.9. The molecular weight excluding hydrogens is 316 g/mol. The van der Waals surface area contributed by atoms with Crippen molar-refractivity contribution in [2.75, 3.05) is 40.9 Å². The topological polar surface area (TPSA) is 59.1 Å². The summed E-state index contributed by atoms with van der Waals surface area (Å²) in [6.45, 7) is 2.32. The van der Waals surface area contributed by atoms with Crippen molar-refractivity contribution in [3.8, 4) is 11.5 Å². The van der Waals surface area contributed by atoms with Crippen molar-refractivity contribution in [2.24, 2.45) is 5.92 Å². The highest BCUT2D eigenvalue weighted by Gasteiger charge is 2.41. The van der Waals surface area contributed by atoms with Crippen LogP contribution in [0.25, 0.3) is 0 Å². The molecule has 0 spiro atoms. The van der Waals surface area contributed by atoms with Crippen LogP contribution in [0.5, 0.6) is 11.5 Å². The van der Waals surface area contributed by atoms with E-state index in [2.05, 4.69) is 11.9 Å². The predicted octanol–water partition coefficient (Wildman–Crippen LogP) is 1.42. The normalized spacial score (nSPS) is 26.0. The monoisotopic (exact) mass is 340 g/mol. The van der Waals surface area contributed by atoms with Gasteiger partial charge in [0.05, 0.1) is 14.2 Å². The van der Waals surface area contributed by atoms with Gasteiger partial charge in [0.25, 0.3) is 0 Å². The van der Waals surface area contributed by atoms with Gasteiger partial charge in [-0.3, -0.25) is 0 Å². The van der Waals surface area contributed by atoms with Crippen LogP contribution in [0.2, 0.25) is 0 Å². The van der Waals surface area contributed by atoms with Crippen LogP contribution in [0.1, 0.15) is 12.8 Å². The van der Waals surface area contributed by atoms with Gasteiger partial charge in [-0.1, -0.05) is 0 Å². The van der Waals surface area contributed by atoms with E-state index in [1.807, 2.05) is 0 Å². The summed E-state index contributed by atoms with van der Waals surface area (Å²) in [5.41, 5.74) is 0. The quantitative estimate of drug-likeness (QED) is 0.830. The molecule has 6 nitrogen and oxygen atoms in total. The molecule has 4 rings (SSSR count). The zero-order valence-corrected chi connectivity index (χ0v) is 14.7. The Labute approximate surface area is 138 Å². The highest BCUT2D eigenvalue weighted by Crippen LogP contribution is 2.36. The molecule has 1 aromatic rings. The van der Waals surface area contributed by atoms with Crippen molar-refractivity contribution < 1.29 is 17.9 Å². The maximum atomic E-state index is 13.3. The predicted molar refractivity (Wildman–Crippen MR) is 87.4 cm³/mol. The Kier molecular flexibility index (Phi) is 4.53. The van der Waals surface area contributed by atoms with Crippen LogP contribution in [-0.2, 0) is 10.0 Å². The minimum Gasteiger partial charge on any atom is -0.497 e. The molecule has 0 radical (unpaired) electrons. The largest absolute Gasteiger partial charge is 0.497 e. The molecule has 3 fully saturated rings. The number of methoxy groups -OCH3 is 2. The second-order valence-electron chi connectivity index (χ2n) is 6.41. The zero-order chi connectivity index (χ0) is 16.6. The summed E-state index contributed by atoms with van der Waals surface area (Å²) in [5.74, 6) is 1.27. The highest BCUT2D eigenvalue weighted by molar-refractivity contribution is 7.89. The lowest BCUT2D eigenvalue weighted by Gasteiger charge is -2.35. The van der Waals surface area contributed by atoms with Gasteiger partial charge in [0.2, 0.25) is 10.0 Å². The summed E-state index contributed by atoms with van der Waals surface area (Å²) in [7, 11) is 1.47. The minimum absolute atomic E-state index is 0.0275. The summed E-state index contributed by atoms with van der Waals surface area (Å²) in [4.78, 5) is 2.43. The smallest absolute Gasteiger partial charge is 0.247 e. The molecule has 7 heteroatoms. The van der Waals surface area contributed by atoms with E-state index >= 15 is 0 Å². The Balaban J connectivity index is 2.02. The maximum Gasteiger partial charge on any atom is 0.247 e. The first-order valence-corrected chi connectivity index (χ1v) is 9.32. The van der Waals surface area contributed by atoms with Crippen LogP contribution in [0.4, 0.5) is 0 Å². The molecule has 3 aliphatic heterocycles. The summed E-state index contributed by atoms with van der Waals surface area (Å²) >= 11 is 0. The third kappa shape index (κ3) is 3.05. The van der Waals surface area contributed by atoms with Gasteiger partial charge < -0.3 is 14.4 Å². The summed E-state index contributed by atoms with van der Waals surface area (Å²) in [6.07, 6.45) is 2.01. The second-order valence-corrected chi connectivity index (χ2v) is 8.27. The highest BCUT2D eigenvalue weighted by atomic mass is 32.2. The van der Waals surface area contributed by atoms with Crippen molar-refractivity contribution >= 4 is 10.0 Å². The van der Waals surface area contributed by atoms with E-state index in [0.717, 1.165) is 25.9 Å². The maximum absolute atomic E-state index is 13.3. The van der Waals surface area contributed by atoms with Gasteiger partial charge in [-0.15, -0.1) is 0 Å². The van der Waals surface area contributed by atoms with Gasteiger partial charge >= 0.3 is 0 Å².